The molecule has 1 fully saturated rings. The third-order valence-corrected chi connectivity index (χ3v) is 5.41. The van der Waals surface area contributed by atoms with E-state index >= 15 is 0 Å². The molecule has 6 nitrogen and oxygen atoms in total. The largest absolute Gasteiger partial charge is 0.343 e. The minimum Gasteiger partial charge on any atom is -0.343 e. The van der Waals surface area contributed by atoms with Crippen molar-refractivity contribution in [3.63, 3.8) is 0 Å². The second-order valence-electron chi connectivity index (χ2n) is 5.78. The Hall–Kier alpha value is -0.660. The molecule has 0 unspecified atom stereocenters. The molecule has 7 heteroatoms. The van der Waals surface area contributed by atoms with Gasteiger partial charge in [0.2, 0.25) is 15.9 Å². The highest BCUT2D eigenvalue weighted by Crippen LogP contribution is 2.25. The maximum Gasteiger partial charge on any atom is 0.243 e. The lowest BCUT2D eigenvalue weighted by atomic mass is 10.0. The van der Waals surface area contributed by atoms with Crippen LogP contribution in [-0.4, -0.2) is 67.5 Å². The van der Waals surface area contributed by atoms with E-state index in [9.17, 15) is 13.2 Å². The van der Waals surface area contributed by atoms with Crippen LogP contribution in [0.4, 0.5) is 0 Å². The van der Waals surface area contributed by atoms with Crippen LogP contribution in [0.15, 0.2) is 0 Å². The highest BCUT2D eigenvalue weighted by atomic mass is 32.2. The number of amides is 1. The van der Waals surface area contributed by atoms with E-state index in [4.69, 9.17) is 0 Å². The van der Waals surface area contributed by atoms with Crippen molar-refractivity contribution in [3.8, 4) is 0 Å². The van der Waals surface area contributed by atoms with Gasteiger partial charge in [0.1, 0.15) is 5.54 Å². The molecule has 1 aliphatic rings. The van der Waals surface area contributed by atoms with Crippen LogP contribution < -0.4 is 5.32 Å². The van der Waals surface area contributed by atoms with E-state index < -0.39 is 15.6 Å². The molecule has 1 rings (SSSR count). The molecule has 0 aliphatic carbocycles. The van der Waals surface area contributed by atoms with Gasteiger partial charge in [-0.3, -0.25) is 4.79 Å². The summed E-state index contributed by atoms with van der Waals surface area (Å²) >= 11 is 0. The molecule has 0 spiro atoms. The van der Waals surface area contributed by atoms with Crippen molar-refractivity contribution in [2.24, 2.45) is 0 Å². The standard InChI is InChI=1S/C12H25N3O3S/c1-10(2)13-6-9-19(17,18)15-8-7-14(5)11(16)12(15,3)4/h10,13H,6-9H2,1-5H3. The fourth-order valence-corrected chi connectivity index (χ4v) is 4.00. The minimum atomic E-state index is -3.42. The molecule has 1 aliphatic heterocycles. The van der Waals surface area contributed by atoms with Gasteiger partial charge in [-0.1, -0.05) is 13.8 Å². The molecular formula is C12H25N3O3S. The first-order valence-corrected chi connectivity index (χ1v) is 8.19. The molecule has 0 atom stereocenters. The Morgan fingerprint density at radius 1 is 1.32 bits per heavy atom. The summed E-state index contributed by atoms with van der Waals surface area (Å²) in [6, 6.07) is 0.248. The molecule has 1 heterocycles. The fraction of sp³-hybridized carbons (Fsp3) is 0.917. The third-order valence-electron chi connectivity index (χ3n) is 3.38. The molecule has 0 aromatic carbocycles. The van der Waals surface area contributed by atoms with Gasteiger partial charge in [-0.25, -0.2) is 8.42 Å². The lowest BCUT2D eigenvalue weighted by molar-refractivity contribution is -0.142. The Kier molecular flexibility index (Phi) is 4.97. The van der Waals surface area contributed by atoms with E-state index in [0.717, 1.165) is 0 Å². The molecule has 0 aromatic rings. The van der Waals surface area contributed by atoms with Crippen LogP contribution in [0.25, 0.3) is 0 Å². The minimum absolute atomic E-state index is 0.0194. The third kappa shape index (κ3) is 3.67. The number of carbonyl (C=O) groups excluding carboxylic acids is 1. The Morgan fingerprint density at radius 2 is 1.89 bits per heavy atom. The molecule has 0 saturated carbocycles. The zero-order valence-electron chi connectivity index (χ0n) is 12.4. The molecule has 1 N–H and O–H groups in total. The first kappa shape index (κ1) is 16.4. The first-order chi connectivity index (χ1) is 8.59. The molecule has 0 aromatic heterocycles. The van der Waals surface area contributed by atoms with Crippen molar-refractivity contribution in [1.82, 2.24) is 14.5 Å². The van der Waals surface area contributed by atoms with Crippen molar-refractivity contribution in [2.75, 3.05) is 32.4 Å². The lowest BCUT2D eigenvalue weighted by Gasteiger charge is -2.43. The number of nitrogens with zero attached hydrogens (tertiary/aromatic N) is 2. The number of hydrogen-bond acceptors (Lipinski definition) is 4. The smallest absolute Gasteiger partial charge is 0.243 e. The van der Waals surface area contributed by atoms with Crippen molar-refractivity contribution < 1.29 is 13.2 Å². The predicted octanol–water partition coefficient (Wildman–Crippen LogP) is -0.133. The van der Waals surface area contributed by atoms with Gasteiger partial charge in [-0.05, 0) is 13.8 Å². The van der Waals surface area contributed by atoms with Crippen molar-refractivity contribution in [3.05, 3.63) is 0 Å². The van der Waals surface area contributed by atoms with Crippen LogP contribution in [0.2, 0.25) is 0 Å². The van der Waals surface area contributed by atoms with E-state index in [2.05, 4.69) is 5.32 Å². The summed E-state index contributed by atoms with van der Waals surface area (Å²) in [5, 5.41) is 3.09. The topological polar surface area (TPSA) is 69.7 Å². The maximum absolute atomic E-state index is 12.4. The predicted molar refractivity (Wildman–Crippen MR) is 75.3 cm³/mol. The second kappa shape index (κ2) is 5.76. The van der Waals surface area contributed by atoms with E-state index in [1.165, 1.54) is 4.31 Å². The summed E-state index contributed by atoms with van der Waals surface area (Å²) in [7, 11) is -1.72. The number of carbonyl (C=O) groups is 1. The van der Waals surface area contributed by atoms with Crippen LogP contribution in [-0.2, 0) is 14.8 Å². The summed E-state index contributed by atoms with van der Waals surface area (Å²) < 4.78 is 26.0. The van der Waals surface area contributed by atoms with Gasteiger partial charge in [0.25, 0.3) is 0 Å². The Labute approximate surface area is 116 Å². The summed E-state index contributed by atoms with van der Waals surface area (Å²) in [6.07, 6.45) is 0. The van der Waals surface area contributed by atoms with Crippen molar-refractivity contribution in [2.45, 2.75) is 39.3 Å². The molecule has 0 bridgehead atoms. The van der Waals surface area contributed by atoms with Crippen LogP contribution in [0, 0.1) is 0 Å². The average molecular weight is 291 g/mol. The molecule has 19 heavy (non-hydrogen) atoms. The molecular weight excluding hydrogens is 266 g/mol. The van der Waals surface area contributed by atoms with Crippen LogP contribution in [0.5, 0.6) is 0 Å². The molecule has 1 amide bonds. The monoisotopic (exact) mass is 291 g/mol. The summed E-state index contributed by atoms with van der Waals surface area (Å²) in [5.74, 6) is -0.134. The summed E-state index contributed by atoms with van der Waals surface area (Å²) in [6.45, 7) is 8.47. The zero-order valence-corrected chi connectivity index (χ0v) is 13.2. The van der Waals surface area contributed by atoms with Gasteiger partial charge in [-0.2, -0.15) is 4.31 Å². The quantitative estimate of drug-likeness (QED) is 0.766. The number of rotatable bonds is 5. The zero-order chi connectivity index (χ0) is 14.8. The van der Waals surface area contributed by atoms with Gasteiger partial charge < -0.3 is 10.2 Å². The molecule has 1 saturated heterocycles. The average Bonchev–Trinajstić information content (AvgIpc) is 2.24. The van der Waals surface area contributed by atoms with E-state index in [-0.39, 0.29) is 17.7 Å². The Bertz CT molecular complexity index is 432. The molecule has 0 radical (unpaired) electrons. The van der Waals surface area contributed by atoms with Gasteiger partial charge in [-0.15, -0.1) is 0 Å². The van der Waals surface area contributed by atoms with Gasteiger partial charge >= 0.3 is 0 Å². The highest BCUT2D eigenvalue weighted by Gasteiger charge is 2.45. The van der Waals surface area contributed by atoms with Crippen molar-refractivity contribution in [1.29, 1.82) is 0 Å². The van der Waals surface area contributed by atoms with Crippen molar-refractivity contribution >= 4 is 15.9 Å². The number of piperazine rings is 1. The number of nitrogens with one attached hydrogen (secondary N) is 1. The van der Waals surface area contributed by atoms with Crippen LogP contribution in [0.3, 0.4) is 0 Å². The normalized spacial score (nSPS) is 21.2. The number of sulfonamides is 1. The SMILES string of the molecule is CC(C)NCCS(=O)(=O)N1CCN(C)C(=O)C1(C)C. The summed E-state index contributed by atoms with van der Waals surface area (Å²) in [5.41, 5.74) is -0.996. The van der Waals surface area contributed by atoms with Gasteiger partial charge in [0.05, 0.1) is 5.75 Å². The maximum atomic E-state index is 12.4. The number of likely N-dealkylation sites (N-methyl/N-ethyl adjacent to an activating group) is 1. The van der Waals surface area contributed by atoms with Crippen LogP contribution in [0.1, 0.15) is 27.7 Å². The summed E-state index contributed by atoms with van der Waals surface area (Å²) in [4.78, 5) is 13.7. The van der Waals surface area contributed by atoms with E-state index in [0.29, 0.717) is 19.6 Å². The fourth-order valence-electron chi connectivity index (χ4n) is 2.27. The number of hydrogen-bond donors (Lipinski definition) is 1. The van der Waals surface area contributed by atoms with Gasteiger partial charge in [0, 0.05) is 32.7 Å². The second-order valence-corrected chi connectivity index (χ2v) is 7.80. The van der Waals surface area contributed by atoms with Gasteiger partial charge in [0.15, 0.2) is 0 Å². The Morgan fingerprint density at radius 3 is 2.42 bits per heavy atom. The van der Waals surface area contributed by atoms with Crippen LogP contribution >= 0.6 is 0 Å². The lowest BCUT2D eigenvalue weighted by Crippen LogP contribution is -2.64. The highest BCUT2D eigenvalue weighted by molar-refractivity contribution is 7.89. The first-order valence-electron chi connectivity index (χ1n) is 6.58. The van der Waals surface area contributed by atoms with E-state index in [1.807, 2.05) is 13.8 Å². The van der Waals surface area contributed by atoms with E-state index in [1.54, 1.807) is 25.8 Å². The molecule has 112 valence electrons. The Balaban J connectivity index is 2.80.